The van der Waals surface area contributed by atoms with Crippen molar-refractivity contribution in [1.29, 1.82) is 0 Å². The van der Waals surface area contributed by atoms with Crippen molar-refractivity contribution in [3.05, 3.63) is 54.7 Å². The molecule has 0 aliphatic rings. The third kappa shape index (κ3) is 41.0. The maximum absolute atomic E-state index is 11.4. The predicted molar refractivity (Wildman–Crippen MR) is 150 cm³/mol. The number of carbonyl (C=O) groups excluding carboxylic acids is 2. The van der Waals surface area contributed by atoms with Crippen LogP contribution in [0.4, 0.5) is 0 Å². The molecule has 0 unspecified atom stereocenters. The number of ether oxygens (including phenoxy) is 2. The summed E-state index contributed by atoms with van der Waals surface area (Å²) in [7, 11) is 0. The van der Waals surface area contributed by atoms with Crippen LogP contribution in [-0.4, -0.2) is 23.1 Å². The zero-order valence-corrected chi connectivity index (χ0v) is 32.1. The fourth-order valence-corrected chi connectivity index (χ4v) is 1.73. The summed E-state index contributed by atoms with van der Waals surface area (Å²) in [5, 5.41) is 0. The smallest absolute Gasteiger partial charge is 0.309 e. The molecule has 0 aliphatic carbocycles. The zero-order chi connectivity index (χ0) is 28.5. The topological polar surface area (TPSA) is 52.6 Å². The van der Waals surface area contributed by atoms with Crippen LogP contribution < -0.4 is 0 Å². The first-order valence-electron chi connectivity index (χ1n) is 12.4. The number of hydrogen-bond donors (Lipinski definition) is 0. The van der Waals surface area contributed by atoms with Gasteiger partial charge in [-0.2, -0.15) is 83.9 Å². The van der Waals surface area contributed by atoms with Gasteiger partial charge in [0.2, 0.25) is 0 Å². The first kappa shape index (κ1) is 47.2. The Kier molecular flexibility index (Phi) is 30.8. The summed E-state index contributed by atoms with van der Waals surface area (Å²) in [5.74, 6) is 2.50. The Morgan fingerprint density at radius 1 is 0.811 bits per heavy atom. The predicted octanol–water partition coefficient (Wildman–Crippen LogP) is 8.58. The minimum Gasteiger partial charge on any atom is -0.460 e. The van der Waals surface area contributed by atoms with E-state index in [4.69, 9.17) is 9.47 Å². The van der Waals surface area contributed by atoms with Gasteiger partial charge in [-0.1, -0.05) is 13.8 Å². The second-order valence-corrected chi connectivity index (χ2v) is 12.1. The largest absolute Gasteiger partial charge is 0.460 e. The molecule has 1 rings (SSSR count). The van der Waals surface area contributed by atoms with Gasteiger partial charge >= 0.3 is 11.9 Å². The fraction of sp³-hybridized carbons (Fsp3) is 0.645. The standard InChI is InChI=1S/C13H17O2.C10H19O2.2C4H9.2Y/c1-13(2,3)15-12(14)10-9-11-7-5-4-6-8-11;1-7-10(5,6)8(11)12-9(2,3)4;2*1-4(2)3;;/h4-7H,9-10H2,1-3H3;1,7H2,2-6H3;2*1-3H3;;/q4*-1;;. The molecule has 0 saturated heterocycles. The van der Waals surface area contributed by atoms with Crippen molar-refractivity contribution >= 4 is 11.9 Å². The Bertz CT molecular complexity index is 659. The van der Waals surface area contributed by atoms with Crippen LogP contribution in [0.25, 0.3) is 0 Å². The van der Waals surface area contributed by atoms with Crippen molar-refractivity contribution in [2.24, 2.45) is 5.41 Å². The van der Waals surface area contributed by atoms with Crippen molar-refractivity contribution < 1.29 is 84.5 Å². The number of hydrogen-bond acceptors (Lipinski definition) is 4. The molecule has 0 saturated carbocycles. The summed E-state index contributed by atoms with van der Waals surface area (Å²) in [6.07, 6.45) is 1.66. The molecule has 4 nitrogen and oxygen atoms in total. The van der Waals surface area contributed by atoms with Gasteiger partial charge in [0.15, 0.2) is 0 Å². The van der Waals surface area contributed by atoms with E-state index >= 15 is 0 Å². The van der Waals surface area contributed by atoms with Crippen LogP contribution >= 0.6 is 0 Å². The molecule has 37 heavy (non-hydrogen) atoms. The normalized spacial score (nSPS) is 10.6. The third-order valence-electron chi connectivity index (χ3n) is 3.37. The molecule has 0 heterocycles. The van der Waals surface area contributed by atoms with Gasteiger partial charge in [-0.15, -0.1) is 0 Å². The number of carbonyl (C=O) groups is 2. The maximum Gasteiger partial charge on any atom is 0.309 e. The first-order valence-corrected chi connectivity index (χ1v) is 12.4. The summed E-state index contributed by atoms with van der Waals surface area (Å²) in [5.41, 5.74) is -0.211. The molecule has 0 amide bonds. The van der Waals surface area contributed by atoms with Crippen molar-refractivity contribution in [2.45, 2.75) is 127 Å². The molecule has 0 atom stereocenters. The van der Waals surface area contributed by atoms with E-state index in [0.29, 0.717) is 19.3 Å². The van der Waals surface area contributed by atoms with Crippen LogP contribution in [0.15, 0.2) is 24.3 Å². The van der Waals surface area contributed by atoms with Gasteiger partial charge in [0.1, 0.15) is 11.2 Å². The molecule has 6 heteroatoms. The SMILES string of the molecule is CC(C)(C)OC(=O)CCc1[c-]cccc1.C[C-](C)C.C[C-](C)C.[CH2-]CC(C)(C)C(=O)OC(C)(C)C.[Y].[Y]. The molecule has 0 aromatic heterocycles. The molecular weight excluding hydrogens is 614 g/mol. The minimum absolute atomic E-state index is 0. The fourth-order valence-electron chi connectivity index (χ4n) is 1.73. The molecule has 0 bridgehead atoms. The molecule has 0 fully saturated rings. The van der Waals surface area contributed by atoms with E-state index < -0.39 is 16.6 Å². The minimum atomic E-state index is -0.465. The molecule has 0 spiro atoms. The van der Waals surface area contributed by atoms with Crippen LogP contribution in [0.3, 0.4) is 0 Å². The van der Waals surface area contributed by atoms with Gasteiger partial charge in [-0.3, -0.25) is 9.59 Å². The van der Waals surface area contributed by atoms with Crippen LogP contribution in [-0.2, 0) is 90.9 Å². The van der Waals surface area contributed by atoms with Crippen LogP contribution in [0.2, 0.25) is 0 Å². The summed E-state index contributed by atoms with van der Waals surface area (Å²) in [4.78, 5) is 22.8. The molecule has 0 aliphatic heterocycles. The Hall–Kier alpha value is 0.368. The number of esters is 2. The van der Waals surface area contributed by atoms with Crippen molar-refractivity contribution in [3.8, 4) is 0 Å². The average molecular weight is 669 g/mol. The van der Waals surface area contributed by atoms with Gasteiger partial charge in [0.25, 0.3) is 0 Å². The van der Waals surface area contributed by atoms with Gasteiger partial charge in [0, 0.05) is 77.3 Å². The van der Waals surface area contributed by atoms with E-state index in [9.17, 15) is 9.59 Å². The summed E-state index contributed by atoms with van der Waals surface area (Å²) < 4.78 is 10.4. The van der Waals surface area contributed by atoms with Crippen LogP contribution in [0.5, 0.6) is 0 Å². The van der Waals surface area contributed by atoms with Crippen LogP contribution in [0, 0.1) is 30.2 Å². The number of benzene rings is 1. The average Bonchev–Trinajstić information content (AvgIpc) is 2.64. The van der Waals surface area contributed by atoms with Crippen molar-refractivity contribution in [1.82, 2.24) is 0 Å². The summed E-state index contributed by atoms with van der Waals surface area (Å²) in [6, 6.07) is 10.8. The summed E-state index contributed by atoms with van der Waals surface area (Å²) >= 11 is 0. The second kappa shape index (κ2) is 24.2. The van der Waals surface area contributed by atoms with E-state index in [1.54, 1.807) is 0 Å². The van der Waals surface area contributed by atoms with Gasteiger partial charge in [0.05, 0.1) is 0 Å². The first-order chi connectivity index (χ1) is 15.6. The van der Waals surface area contributed by atoms with Gasteiger partial charge < -0.3 is 28.2 Å². The third-order valence-corrected chi connectivity index (χ3v) is 3.37. The number of aryl methyl sites for hydroxylation is 1. The van der Waals surface area contributed by atoms with Gasteiger partial charge in [-0.25, -0.2) is 0 Å². The monoisotopic (exact) mass is 668 g/mol. The molecule has 1 aromatic rings. The molecular formula is C31H54O4Y2-4. The second-order valence-electron chi connectivity index (χ2n) is 12.1. The van der Waals surface area contributed by atoms with Crippen molar-refractivity contribution in [2.75, 3.05) is 0 Å². The van der Waals surface area contributed by atoms with E-state index in [1.165, 1.54) is 11.8 Å². The Balaban J connectivity index is -0.000000139. The van der Waals surface area contributed by atoms with E-state index in [-0.39, 0.29) is 77.4 Å². The van der Waals surface area contributed by atoms with E-state index in [1.807, 2.05) is 79.7 Å². The molecule has 0 N–H and O–H groups in total. The van der Waals surface area contributed by atoms with E-state index in [2.05, 4.69) is 54.5 Å². The Labute approximate surface area is 281 Å². The number of rotatable bonds is 5. The summed E-state index contributed by atoms with van der Waals surface area (Å²) in [6.45, 7) is 31.1. The maximum atomic E-state index is 11.4. The zero-order valence-electron chi connectivity index (χ0n) is 26.4. The van der Waals surface area contributed by atoms with Gasteiger partial charge in [-0.05, 0) is 48.0 Å². The molecule has 2 radical (unpaired) electrons. The Morgan fingerprint density at radius 2 is 1.22 bits per heavy atom. The van der Waals surface area contributed by atoms with Crippen LogP contribution in [0.1, 0.15) is 115 Å². The molecule has 1 aromatic carbocycles. The van der Waals surface area contributed by atoms with Crippen molar-refractivity contribution in [3.63, 3.8) is 0 Å². The quantitative estimate of drug-likeness (QED) is 0.233. The van der Waals surface area contributed by atoms with E-state index in [0.717, 1.165) is 5.56 Å². The Morgan fingerprint density at radius 3 is 1.51 bits per heavy atom. The molecule has 212 valence electrons.